The summed E-state index contributed by atoms with van der Waals surface area (Å²) in [5, 5.41) is 2.86. The summed E-state index contributed by atoms with van der Waals surface area (Å²) in [4.78, 5) is 16.9. The summed E-state index contributed by atoms with van der Waals surface area (Å²) < 4.78 is 26.7. The lowest BCUT2D eigenvalue weighted by Crippen LogP contribution is -2.39. The second-order valence-electron chi connectivity index (χ2n) is 5.91. The normalized spacial score (nSPS) is 18.5. The number of unbranched alkanes of at least 4 members (excludes halogenated alkanes) is 1. The van der Waals surface area contributed by atoms with Crippen molar-refractivity contribution in [1.82, 2.24) is 10.0 Å². The number of fused-ring (bicyclic) bond motifs is 1. The fourth-order valence-electron chi connectivity index (χ4n) is 2.37. The van der Waals surface area contributed by atoms with Crippen LogP contribution in [0.15, 0.2) is 34.2 Å². The van der Waals surface area contributed by atoms with Crippen LogP contribution in [0.3, 0.4) is 0 Å². The maximum absolute atomic E-state index is 12.3. The van der Waals surface area contributed by atoms with E-state index in [-0.39, 0.29) is 22.6 Å². The molecule has 2 N–H and O–H groups in total. The van der Waals surface area contributed by atoms with Crippen molar-refractivity contribution in [2.45, 2.75) is 44.6 Å². The number of carbonyl (C=O) groups is 1. The molecule has 2 rings (SSSR count). The number of rotatable bonds is 6. The minimum absolute atomic E-state index is 0.0404. The van der Waals surface area contributed by atoms with Gasteiger partial charge in [-0.15, -0.1) is 0 Å². The molecule has 0 fully saturated rings. The Bertz CT molecular complexity index is 711. The van der Waals surface area contributed by atoms with Crippen molar-refractivity contribution in [2.75, 3.05) is 6.54 Å². The molecule has 23 heavy (non-hydrogen) atoms. The Kier molecular flexibility index (Phi) is 5.41. The molecule has 0 saturated heterocycles. The third-order valence-electron chi connectivity index (χ3n) is 3.66. The van der Waals surface area contributed by atoms with Gasteiger partial charge in [-0.3, -0.25) is 14.5 Å². The summed E-state index contributed by atoms with van der Waals surface area (Å²) in [7, 11) is -3.59. The number of benzene rings is 1. The molecule has 1 aliphatic rings. The van der Waals surface area contributed by atoms with E-state index in [1.807, 2.05) is 13.8 Å². The van der Waals surface area contributed by atoms with Crippen LogP contribution < -0.4 is 10.0 Å². The number of sulfonamides is 1. The highest BCUT2D eigenvalue weighted by atomic mass is 32.2. The first-order chi connectivity index (χ1) is 10.9. The Labute approximate surface area is 137 Å². The maximum atomic E-state index is 12.3. The van der Waals surface area contributed by atoms with E-state index in [1.54, 1.807) is 18.2 Å². The molecular formula is C16H23N3O3S. The molecule has 126 valence electrons. The molecule has 1 aromatic carbocycles. The average Bonchev–Trinajstić information content (AvgIpc) is 2.76. The summed E-state index contributed by atoms with van der Waals surface area (Å²) in [5.41, 5.74) is 0.513. The van der Waals surface area contributed by atoms with Gasteiger partial charge in [0.15, 0.2) is 0 Å². The van der Waals surface area contributed by atoms with Gasteiger partial charge in [0.1, 0.15) is 11.9 Å². The Morgan fingerprint density at radius 2 is 2.00 bits per heavy atom. The fourth-order valence-corrected chi connectivity index (χ4v) is 3.61. The first kappa shape index (κ1) is 17.5. The lowest BCUT2D eigenvalue weighted by Gasteiger charge is -2.17. The van der Waals surface area contributed by atoms with Crippen molar-refractivity contribution < 1.29 is 13.2 Å². The summed E-state index contributed by atoms with van der Waals surface area (Å²) in [6.07, 6.45) is 1.90. The lowest BCUT2D eigenvalue weighted by molar-refractivity contribution is -0.123. The van der Waals surface area contributed by atoms with Crippen LogP contribution in [-0.4, -0.2) is 32.7 Å². The van der Waals surface area contributed by atoms with Gasteiger partial charge in [-0.25, -0.2) is 8.42 Å². The van der Waals surface area contributed by atoms with E-state index in [9.17, 15) is 13.2 Å². The zero-order valence-corrected chi connectivity index (χ0v) is 14.5. The Morgan fingerprint density at radius 3 is 2.65 bits per heavy atom. The second-order valence-corrected chi connectivity index (χ2v) is 7.56. The molecule has 1 aliphatic heterocycles. The maximum Gasteiger partial charge on any atom is 0.263 e. The number of aliphatic imine (C=N–C) groups is 1. The van der Waals surface area contributed by atoms with Gasteiger partial charge in [-0.1, -0.05) is 39.3 Å². The van der Waals surface area contributed by atoms with Crippen LogP contribution in [-0.2, 0) is 14.8 Å². The summed E-state index contributed by atoms with van der Waals surface area (Å²) in [6, 6.07) is 6.01. The zero-order valence-electron chi connectivity index (χ0n) is 13.7. The number of hydrogen-bond acceptors (Lipinski definition) is 4. The quantitative estimate of drug-likeness (QED) is 0.774. The van der Waals surface area contributed by atoms with Crippen molar-refractivity contribution in [3.63, 3.8) is 0 Å². The minimum Gasteiger partial charge on any atom is -0.354 e. The van der Waals surface area contributed by atoms with Crippen molar-refractivity contribution in [3.05, 3.63) is 29.8 Å². The monoisotopic (exact) mass is 337 g/mol. The minimum atomic E-state index is -3.59. The van der Waals surface area contributed by atoms with Crippen molar-refractivity contribution in [2.24, 2.45) is 10.9 Å². The molecule has 0 radical (unpaired) electrons. The first-order valence-corrected chi connectivity index (χ1v) is 9.33. The number of hydrogen-bond donors (Lipinski definition) is 2. The third kappa shape index (κ3) is 3.90. The van der Waals surface area contributed by atoms with Crippen molar-refractivity contribution >= 4 is 21.8 Å². The van der Waals surface area contributed by atoms with Gasteiger partial charge in [-0.05, 0) is 24.5 Å². The zero-order chi connectivity index (χ0) is 17.0. The van der Waals surface area contributed by atoms with Crippen LogP contribution in [0.1, 0.15) is 39.2 Å². The SMILES string of the molecule is CCCCNC(=O)[C@@H](N=C1NS(=O)(=O)c2ccccc21)C(C)C. The molecule has 0 saturated carbocycles. The predicted molar refractivity (Wildman–Crippen MR) is 89.8 cm³/mol. The number of nitrogens with zero attached hydrogens (tertiary/aromatic N) is 1. The Morgan fingerprint density at radius 1 is 1.30 bits per heavy atom. The number of amides is 1. The van der Waals surface area contributed by atoms with Gasteiger partial charge in [0.25, 0.3) is 10.0 Å². The molecular weight excluding hydrogens is 314 g/mol. The van der Waals surface area contributed by atoms with Gasteiger partial charge >= 0.3 is 0 Å². The molecule has 1 heterocycles. The first-order valence-electron chi connectivity index (χ1n) is 7.84. The highest BCUT2D eigenvalue weighted by Gasteiger charge is 2.32. The predicted octanol–water partition coefficient (Wildman–Crippen LogP) is 1.67. The highest BCUT2D eigenvalue weighted by molar-refractivity contribution is 7.90. The Hall–Kier alpha value is -1.89. The molecule has 0 spiro atoms. The third-order valence-corrected chi connectivity index (χ3v) is 5.06. The van der Waals surface area contributed by atoms with E-state index < -0.39 is 16.1 Å². The van der Waals surface area contributed by atoms with E-state index in [4.69, 9.17) is 0 Å². The van der Waals surface area contributed by atoms with Gasteiger partial charge in [0, 0.05) is 12.1 Å². The topological polar surface area (TPSA) is 87.6 Å². The van der Waals surface area contributed by atoms with Crippen LogP contribution in [0.4, 0.5) is 0 Å². The van der Waals surface area contributed by atoms with E-state index in [2.05, 4.69) is 22.0 Å². The standard InChI is InChI=1S/C16H23N3O3S/c1-4-5-10-17-16(20)14(11(2)3)18-15-12-8-6-7-9-13(12)23(21,22)19-15/h6-9,11,14H,4-5,10H2,1-3H3,(H,17,20)(H,18,19)/t14-/m0/s1. The molecule has 0 aromatic heterocycles. The summed E-state index contributed by atoms with van der Waals surface area (Å²) in [6.45, 7) is 6.44. The molecule has 1 atom stereocenters. The fraction of sp³-hybridized carbons (Fsp3) is 0.500. The second kappa shape index (κ2) is 7.12. The molecule has 0 bridgehead atoms. The Balaban J connectivity index is 2.29. The lowest BCUT2D eigenvalue weighted by atomic mass is 10.0. The summed E-state index contributed by atoms with van der Waals surface area (Å²) in [5.74, 6) is 0.0239. The van der Waals surface area contributed by atoms with Gasteiger partial charge in [0.2, 0.25) is 5.91 Å². The van der Waals surface area contributed by atoms with E-state index >= 15 is 0 Å². The van der Waals surface area contributed by atoms with Gasteiger partial charge in [-0.2, -0.15) is 0 Å². The molecule has 7 heteroatoms. The molecule has 1 amide bonds. The smallest absolute Gasteiger partial charge is 0.263 e. The van der Waals surface area contributed by atoms with E-state index in [0.717, 1.165) is 12.8 Å². The van der Waals surface area contributed by atoms with Crippen LogP contribution in [0.25, 0.3) is 0 Å². The van der Waals surface area contributed by atoms with Crippen LogP contribution in [0.2, 0.25) is 0 Å². The van der Waals surface area contributed by atoms with Crippen molar-refractivity contribution in [3.8, 4) is 0 Å². The van der Waals surface area contributed by atoms with Crippen LogP contribution >= 0.6 is 0 Å². The summed E-state index contributed by atoms with van der Waals surface area (Å²) >= 11 is 0. The van der Waals surface area contributed by atoms with Gasteiger partial charge < -0.3 is 5.32 Å². The molecule has 1 aromatic rings. The largest absolute Gasteiger partial charge is 0.354 e. The molecule has 0 unspecified atom stereocenters. The highest BCUT2D eigenvalue weighted by Crippen LogP contribution is 2.23. The van der Waals surface area contributed by atoms with E-state index in [0.29, 0.717) is 12.1 Å². The molecule has 0 aliphatic carbocycles. The number of carbonyl (C=O) groups excluding carboxylic acids is 1. The van der Waals surface area contributed by atoms with Crippen LogP contribution in [0, 0.1) is 5.92 Å². The average molecular weight is 337 g/mol. The van der Waals surface area contributed by atoms with Crippen molar-refractivity contribution in [1.29, 1.82) is 0 Å². The van der Waals surface area contributed by atoms with E-state index in [1.165, 1.54) is 6.07 Å². The van der Waals surface area contributed by atoms with Gasteiger partial charge in [0.05, 0.1) is 4.90 Å². The number of amidine groups is 1. The molecule has 6 nitrogen and oxygen atoms in total. The van der Waals surface area contributed by atoms with Crippen LogP contribution in [0.5, 0.6) is 0 Å². The number of nitrogens with one attached hydrogen (secondary N) is 2.